The minimum absolute atomic E-state index is 0.542. The maximum atomic E-state index is 5.39. The summed E-state index contributed by atoms with van der Waals surface area (Å²) in [5.41, 5.74) is 4.39. The predicted octanol–water partition coefficient (Wildman–Crippen LogP) is 3.06. The number of piperidine rings is 1. The first kappa shape index (κ1) is 16.9. The lowest BCUT2D eigenvalue weighted by Crippen LogP contribution is -2.34. The minimum Gasteiger partial charge on any atom is -0.339 e. The largest absolute Gasteiger partial charge is 0.339 e. The first-order chi connectivity index (χ1) is 13.2. The van der Waals surface area contributed by atoms with Crippen molar-refractivity contribution in [2.75, 3.05) is 13.1 Å². The number of aromatic nitrogens is 5. The molecule has 1 saturated carbocycles. The number of aryl methyl sites for hydroxylation is 2. The molecule has 5 rings (SSSR count). The van der Waals surface area contributed by atoms with E-state index in [1.54, 1.807) is 0 Å². The fraction of sp³-hybridized carbons (Fsp3) is 0.600. The number of hydrogen-bond acceptors (Lipinski definition) is 6. The third-order valence-corrected chi connectivity index (χ3v) is 5.83. The van der Waals surface area contributed by atoms with Crippen LogP contribution in [0.15, 0.2) is 16.8 Å². The smallest absolute Gasteiger partial charge is 0.229 e. The topological polar surface area (TPSA) is 72.3 Å². The Hall–Kier alpha value is -2.28. The predicted molar refractivity (Wildman–Crippen MR) is 100 cm³/mol. The molecule has 0 unspecified atom stereocenters. The van der Waals surface area contributed by atoms with Crippen LogP contribution in [0.5, 0.6) is 0 Å². The van der Waals surface area contributed by atoms with Crippen LogP contribution in [0.25, 0.3) is 5.65 Å². The Morgan fingerprint density at radius 3 is 2.70 bits per heavy atom. The Labute approximate surface area is 158 Å². The molecule has 27 heavy (non-hydrogen) atoms. The standard InChI is InChI=1S/C20H26N6O/c1-13-9-14(2)26-19(22-13)17(11-21-26)12-25-7-5-15(6-8-25)10-18-23-20(27-24-18)16-3-4-16/h9,11,15-16H,3-8,10,12H2,1-2H3. The van der Waals surface area contributed by atoms with Crippen molar-refractivity contribution in [1.29, 1.82) is 0 Å². The second-order valence-electron chi connectivity index (χ2n) is 8.19. The number of fused-ring (bicyclic) bond motifs is 1. The fourth-order valence-corrected chi connectivity index (χ4v) is 4.12. The molecule has 2 fully saturated rings. The highest BCUT2D eigenvalue weighted by Gasteiger charge is 2.30. The maximum Gasteiger partial charge on any atom is 0.229 e. The van der Waals surface area contributed by atoms with E-state index in [1.807, 2.05) is 17.6 Å². The summed E-state index contributed by atoms with van der Waals surface area (Å²) < 4.78 is 7.34. The summed E-state index contributed by atoms with van der Waals surface area (Å²) in [7, 11) is 0. The van der Waals surface area contributed by atoms with Gasteiger partial charge in [0.25, 0.3) is 0 Å². The van der Waals surface area contributed by atoms with Crippen molar-refractivity contribution in [2.45, 2.75) is 58.4 Å². The molecule has 1 aliphatic carbocycles. The van der Waals surface area contributed by atoms with Crippen molar-refractivity contribution in [2.24, 2.45) is 5.92 Å². The second-order valence-corrected chi connectivity index (χ2v) is 8.19. The lowest BCUT2D eigenvalue weighted by molar-refractivity contribution is 0.176. The maximum absolute atomic E-state index is 5.39. The van der Waals surface area contributed by atoms with Gasteiger partial charge in [0.1, 0.15) is 0 Å². The molecule has 2 aliphatic rings. The van der Waals surface area contributed by atoms with Crippen molar-refractivity contribution in [3.8, 4) is 0 Å². The molecule has 0 radical (unpaired) electrons. The highest BCUT2D eigenvalue weighted by molar-refractivity contribution is 5.47. The van der Waals surface area contributed by atoms with Gasteiger partial charge in [0, 0.05) is 35.8 Å². The van der Waals surface area contributed by atoms with Crippen molar-refractivity contribution >= 4 is 5.65 Å². The van der Waals surface area contributed by atoms with Gasteiger partial charge < -0.3 is 4.52 Å². The molecule has 0 bridgehead atoms. The highest BCUT2D eigenvalue weighted by Crippen LogP contribution is 2.39. The molecular weight excluding hydrogens is 340 g/mol. The summed E-state index contributed by atoms with van der Waals surface area (Å²) in [6, 6.07) is 2.07. The summed E-state index contributed by atoms with van der Waals surface area (Å²) >= 11 is 0. The molecule has 3 aromatic heterocycles. The molecule has 1 aliphatic heterocycles. The van der Waals surface area contributed by atoms with Crippen molar-refractivity contribution in [1.82, 2.24) is 29.6 Å². The monoisotopic (exact) mass is 366 g/mol. The summed E-state index contributed by atoms with van der Waals surface area (Å²) in [5.74, 6) is 2.94. The highest BCUT2D eigenvalue weighted by atomic mass is 16.5. The van der Waals surface area contributed by atoms with Crippen LogP contribution in [-0.2, 0) is 13.0 Å². The minimum atomic E-state index is 0.542. The molecule has 0 spiro atoms. The van der Waals surface area contributed by atoms with Crippen LogP contribution in [0.4, 0.5) is 0 Å². The van der Waals surface area contributed by atoms with Crippen molar-refractivity contribution < 1.29 is 4.52 Å². The molecule has 4 heterocycles. The van der Waals surface area contributed by atoms with Gasteiger partial charge in [0.2, 0.25) is 5.89 Å². The van der Waals surface area contributed by atoms with E-state index in [-0.39, 0.29) is 0 Å². The van der Waals surface area contributed by atoms with Gasteiger partial charge in [0.05, 0.1) is 6.20 Å². The second kappa shape index (κ2) is 6.71. The third kappa shape index (κ3) is 3.48. The molecule has 0 atom stereocenters. The Kier molecular flexibility index (Phi) is 4.19. The van der Waals surface area contributed by atoms with Crippen molar-refractivity contribution in [3.63, 3.8) is 0 Å². The van der Waals surface area contributed by atoms with Crippen LogP contribution in [0.3, 0.4) is 0 Å². The average Bonchev–Trinajstić information content (AvgIpc) is 3.27. The molecule has 0 N–H and O–H groups in total. The fourth-order valence-electron chi connectivity index (χ4n) is 4.12. The number of nitrogens with zero attached hydrogens (tertiary/aromatic N) is 6. The van der Waals surface area contributed by atoms with Crippen LogP contribution in [0, 0.1) is 19.8 Å². The first-order valence-electron chi connectivity index (χ1n) is 10.0. The summed E-state index contributed by atoms with van der Waals surface area (Å²) in [6.07, 6.45) is 7.69. The number of likely N-dealkylation sites (tertiary alicyclic amines) is 1. The van der Waals surface area contributed by atoms with Gasteiger partial charge in [-0.25, -0.2) is 9.50 Å². The lowest BCUT2D eigenvalue weighted by atomic mass is 9.93. The Morgan fingerprint density at radius 2 is 1.93 bits per heavy atom. The van der Waals surface area contributed by atoms with E-state index in [0.717, 1.165) is 54.8 Å². The average molecular weight is 366 g/mol. The molecule has 0 amide bonds. The van der Waals surface area contributed by atoms with E-state index in [2.05, 4.69) is 33.1 Å². The Morgan fingerprint density at radius 1 is 1.11 bits per heavy atom. The molecule has 7 heteroatoms. The van der Waals surface area contributed by atoms with Crippen LogP contribution in [-0.4, -0.2) is 42.7 Å². The van der Waals surface area contributed by atoms with E-state index in [0.29, 0.717) is 11.8 Å². The number of hydrogen-bond donors (Lipinski definition) is 0. The summed E-state index contributed by atoms with van der Waals surface area (Å²) in [6.45, 7) is 7.23. The quantitative estimate of drug-likeness (QED) is 0.691. The number of rotatable bonds is 5. The Balaban J connectivity index is 1.19. The van der Waals surface area contributed by atoms with E-state index < -0.39 is 0 Å². The van der Waals surface area contributed by atoms with E-state index >= 15 is 0 Å². The van der Waals surface area contributed by atoms with Gasteiger partial charge in [0.15, 0.2) is 11.5 Å². The molecule has 0 aromatic carbocycles. The zero-order valence-corrected chi connectivity index (χ0v) is 16.1. The van der Waals surface area contributed by atoms with E-state index in [4.69, 9.17) is 9.51 Å². The zero-order valence-electron chi connectivity index (χ0n) is 16.1. The summed E-state index contributed by atoms with van der Waals surface area (Å²) in [5, 5.41) is 8.70. The third-order valence-electron chi connectivity index (χ3n) is 5.83. The van der Waals surface area contributed by atoms with Gasteiger partial charge in [-0.2, -0.15) is 10.1 Å². The van der Waals surface area contributed by atoms with Gasteiger partial charge in [-0.15, -0.1) is 0 Å². The lowest BCUT2D eigenvalue weighted by Gasteiger charge is -2.31. The van der Waals surface area contributed by atoms with Crippen LogP contribution >= 0.6 is 0 Å². The van der Waals surface area contributed by atoms with E-state index in [9.17, 15) is 0 Å². The SMILES string of the molecule is Cc1cc(C)n2ncc(CN3CCC(Cc4noc(C5CC5)n4)CC3)c2n1. The Bertz CT molecular complexity index is 949. The van der Waals surface area contributed by atoms with Gasteiger partial charge in [-0.05, 0) is 64.6 Å². The molecule has 7 nitrogen and oxygen atoms in total. The van der Waals surface area contributed by atoms with E-state index in [1.165, 1.54) is 31.2 Å². The molecule has 142 valence electrons. The molecule has 1 saturated heterocycles. The first-order valence-corrected chi connectivity index (χ1v) is 10.0. The normalized spacial score (nSPS) is 19.2. The van der Waals surface area contributed by atoms with Crippen LogP contribution in [0.1, 0.15) is 60.3 Å². The van der Waals surface area contributed by atoms with Crippen LogP contribution < -0.4 is 0 Å². The molecule has 3 aromatic rings. The van der Waals surface area contributed by atoms with Gasteiger partial charge in [-0.3, -0.25) is 4.90 Å². The van der Waals surface area contributed by atoms with Gasteiger partial charge in [-0.1, -0.05) is 5.16 Å². The van der Waals surface area contributed by atoms with Crippen LogP contribution in [0.2, 0.25) is 0 Å². The van der Waals surface area contributed by atoms with Crippen molar-refractivity contribution in [3.05, 3.63) is 40.9 Å². The summed E-state index contributed by atoms with van der Waals surface area (Å²) in [4.78, 5) is 11.8. The zero-order chi connectivity index (χ0) is 18.4. The molecular formula is C20H26N6O. The van der Waals surface area contributed by atoms with Gasteiger partial charge >= 0.3 is 0 Å².